The first-order chi connectivity index (χ1) is 11.0. The van der Waals surface area contributed by atoms with E-state index in [0.717, 1.165) is 16.4 Å². The number of nitrogens with zero attached hydrogens (tertiary/aromatic N) is 2. The lowest BCUT2D eigenvalue weighted by atomic mass is 10.2. The molecule has 0 saturated heterocycles. The van der Waals surface area contributed by atoms with E-state index in [9.17, 15) is 17.2 Å². The average Bonchev–Trinajstić information content (AvgIpc) is 2.74. The molecule has 0 N–H and O–H groups in total. The van der Waals surface area contributed by atoms with Crippen LogP contribution in [0.4, 0.5) is 25.8 Å². The van der Waals surface area contributed by atoms with Crippen molar-refractivity contribution in [2.45, 2.75) is 6.42 Å². The van der Waals surface area contributed by atoms with E-state index in [1.165, 1.54) is 10.4 Å². The standard InChI is InChI=1S/C16H14F2N2O2S/c1-2-3-10-19-15-6-4-5-7-16(15)20(23(19,21)22)12-8-9-13(17)14(18)11-12/h2,4-9,11H,1,3,10H2. The fourth-order valence-electron chi connectivity index (χ4n) is 2.52. The molecule has 0 amide bonds. The summed E-state index contributed by atoms with van der Waals surface area (Å²) in [6, 6.07) is 9.75. The van der Waals surface area contributed by atoms with Gasteiger partial charge in [0.15, 0.2) is 11.6 Å². The molecule has 0 aliphatic carbocycles. The highest BCUT2D eigenvalue weighted by molar-refractivity contribution is 7.95. The summed E-state index contributed by atoms with van der Waals surface area (Å²) >= 11 is 0. The van der Waals surface area contributed by atoms with E-state index in [2.05, 4.69) is 6.58 Å². The smallest absolute Gasteiger partial charge is 0.251 e. The molecule has 0 fully saturated rings. The molecule has 4 nitrogen and oxygen atoms in total. The van der Waals surface area contributed by atoms with Crippen LogP contribution in [0.25, 0.3) is 0 Å². The van der Waals surface area contributed by atoms with Crippen molar-refractivity contribution in [1.82, 2.24) is 0 Å². The van der Waals surface area contributed by atoms with Crippen LogP contribution in [0.2, 0.25) is 0 Å². The van der Waals surface area contributed by atoms with Crippen LogP contribution in [0.15, 0.2) is 55.1 Å². The summed E-state index contributed by atoms with van der Waals surface area (Å²) < 4.78 is 54.7. The van der Waals surface area contributed by atoms with Gasteiger partial charge in [-0.2, -0.15) is 8.42 Å². The van der Waals surface area contributed by atoms with E-state index in [4.69, 9.17) is 0 Å². The van der Waals surface area contributed by atoms with E-state index >= 15 is 0 Å². The van der Waals surface area contributed by atoms with Gasteiger partial charge in [-0.1, -0.05) is 18.2 Å². The van der Waals surface area contributed by atoms with Crippen molar-refractivity contribution < 1.29 is 17.2 Å². The molecule has 1 aliphatic rings. The number of para-hydroxylation sites is 2. The molecule has 23 heavy (non-hydrogen) atoms. The normalized spacial score (nSPS) is 15.6. The summed E-state index contributed by atoms with van der Waals surface area (Å²) in [6.07, 6.45) is 2.09. The van der Waals surface area contributed by atoms with Gasteiger partial charge in [-0.05, 0) is 30.7 Å². The van der Waals surface area contributed by atoms with Crippen LogP contribution in [0, 0.1) is 11.6 Å². The Kier molecular flexibility index (Phi) is 3.81. The van der Waals surface area contributed by atoms with Gasteiger partial charge in [0, 0.05) is 12.6 Å². The van der Waals surface area contributed by atoms with Crippen LogP contribution < -0.4 is 8.61 Å². The molecular weight excluding hydrogens is 322 g/mol. The summed E-state index contributed by atoms with van der Waals surface area (Å²) in [5.74, 6) is -2.12. The minimum Gasteiger partial charge on any atom is -0.251 e. The van der Waals surface area contributed by atoms with Gasteiger partial charge in [0.1, 0.15) is 0 Å². The molecule has 1 aliphatic heterocycles. The lowest BCUT2D eigenvalue weighted by Crippen LogP contribution is -2.35. The summed E-state index contributed by atoms with van der Waals surface area (Å²) in [5.41, 5.74) is 0.958. The Morgan fingerprint density at radius 3 is 2.39 bits per heavy atom. The second-order valence-corrected chi connectivity index (χ2v) is 6.71. The van der Waals surface area contributed by atoms with Crippen molar-refractivity contribution in [2.75, 3.05) is 15.2 Å². The largest absolute Gasteiger partial charge is 0.330 e. The Hall–Kier alpha value is -2.41. The first-order valence-corrected chi connectivity index (χ1v) is 8.34. The predicted octanol–water partition coefficient (Wildman–Crippen LogP) is 3.74. The zero-order chi connectivity index (χ0) is 16.6. The Bertz CT molecular complexity index is 868. The van der Waals surface area contributed by atoms with Gasteiger partial charge >= 0.3 is 10.2 Å². The van der Waals surface area contributed by atoms with Crippen LogP contribution in [0.3, 0.4) is 0 Å². The number of anilines is 3. The maximum Gasteiger partial charge on any atom is 0.330 e. The maximum absolute atomic E-state index is 13.5. The zero-order valence-corrected chi connectivity index (χ0v) is 12.9. The second-order valence-electron chi connectivity index (χ2n) is 5.01. The zero-order valence-electron chi connectivity index (χ0n) is 12.1. The van der Waals surface area contributed by atoms with Crippen LogP contribution in [0.1, 0.15) is 6.42 Å². The highest BCUT2D eigenvalue weighted by atomic mass is 32.2. The maximum atomic E-state index is 13.5. The Labute approximate surface area is 133 Å². The number of rotatable bonds is 4. The molecule has 0 radical (unpaired) electrons. The highest BCUT2D eigenvalue weighted by Crippen LogP contribution is 2.45. The monoisotopic (exact) mass is 336 g/mol. The third kappa shape index (κ3) is 2.46. The molecule has 0 saturated carbocycles. The lowest BCUT2D eigenvalue weighted by Gasteiger charge is -2.21. The summed E-state index contributed by atoms with van der Waals surface area (Å²) in [6.45, 7) is 3.82. The van der Waals surface area contributed by atoms with Gasteiger partial charge in [0.05, 0.1) is 17.1 Å². The third-order valence-electron chi connectivity index (χ3n) is 3.55. The van der Waals surface area contributed by atoms with Crippen molar-refractivity contribution in [2.24, 2.45) is 0 Å². The van der Waals surface area contributed by atoms with Gasteiger partial charge in [-0.25, -0.2) is 13.1 Å². The van der Waals surface area contributed by atoms with E-state index in [1.54, 1.807) is 30.3 Å². The van der Waals surface area contributed by atoms with Crippen molar-refractivity contribution >= 4 is 27.3 Å². The molecule has 0 unspecified atom stereocenters. The van der Waals surface area contributed by atoms with Crippen LogP contribution in [0.5, 0.6) is 0 Å². The summed E-state index contributed by atoms with van der Waals surface area (Å²) in [5, 5.41) is 0. The summed E-state index contributed by atoms with van der Waals surface area (Å²) in [4.78, 5) is 0. The highest BCUT2D eigenvalue weighted by Gasteiger charge is 2.40. The molecule has 2 aromatic rings. The molecule has 0 atom stereocenters. The van der Waals surface area contributed by atoms with E-state index in [0.29, 0.717) is 17.8 Å². The molecule has 0 bridgehead atoms. The van der Waals surface area contributed by atoms with E-state index in [-0.39, 0.29) is 12.2 Å². The predicted molar refractivity (Wildman–Crippen MR) is 86.0 cm³/mol. The fraction of sp³-hybridized carbons (Fsp3) is 0.125. The Morgan fingerprint density at radius 1 is 1.04 bits per heavy atom. The Balaban J connectivity index is 2.16. The molecule has 7 heteroatoms. The third-order valence-corrected chi connectivity index (χ3v) is 5.36. The van der Waals surface area contributed by atoms with Gasteiger partial charge < -0.3 is 0 Å². The molecular formula is C16H14F2N2O2S. The number of hydrogen-bond donors (Lipinski definition) is 0. The average molecular weight is 336 g/mol. The SMILES string of the molecule is C=CCCN1c2ccccc2N(c2ccc(F)c(F)c2)S1(=O)=O. The Morgan fingerprint density at radius 2 is 1.74 bits per heavy atom. The van der Waals surface area contributed by atoms with Crippen molar-refractivity contribution in [3.8, 4) is 0 Å². The number of benzene rings is 2. The van der Waals surface area contributed by atoms with Crippen molar-refractivity contribution in [3.05, 3.63) is 66.8 Å². The van der Waals surface area contributed by atoms with Crippen LogP contribution in [-0.4, -0.2) is 15.0 Å². The first-order valence-electron chi connectivity index (χ1n) is 6.95. The molecule has 0 spiro atoms. The second kappa shape index (κ2) is 5.66. The molecule has 0 aromatic heterocycles. The van der Waals surface area contributed by atoms with Gasteiger partial charge in [-0.3, -0.25) is 4.31 Å². The molecule has 120 valence electrons. The topological polar surface area (TPSA) is 40.6 Å². The fourth-order valence-corrected chi connectivity index (χ4v) is 4.24. The molecule has 2 aromatic carbocycles. The van der Waals surface area contributed by atoms with Crippen molar-refractivity contribution in [1.29, 1.82) is 0 Å². The quantitative estimate of drug-likeness (QED) is 0.798. The van der Waals surface area contributed by atoms with E-state index in [1.807, 2.05) is 0 Å². The van der Waals surface area contributed by atoms with Gasteiger partial charge in [0.2, 0.25) is 0 Å². The van der Waals surface area contributed by atoms with Crippen LogP contribution >= 0.6 is 0 Å². The molecule has 1 heterocycles. The number of halogens is 2. The van der Waals surface area contributed by atoms with Gasteiger partial charge in [-0.15, -0.1) is 6.58 Å². The van der Waals surface area contributed by atoms with Gasteiger partial charge in [0.25, 0.3) is 0 Å². The van der Waals surface area contributed by atoms with Crippen LogP contribution in [-0.2, 0) is 10.2 Å². The minimum absolute atomic E-state index is 0.0532. The lowest BCUT2D eigenvalue weighted by molar-refractivity contribution is 0.509. The summed E-state index contributed by atoms with van der Waals surface area (Å²) in [7, 11) is -3.91. The van der Waals surface area contributed by atoms with Crippen molar-refractivity contribution in [3.63, 3.8) is 0 Å². The minimum atomic E-state index is -3.91. The molecule has 3 rings (SSSR count). The number of hydrogen-bond acceptors (Lipinski definition) is 2. The number of fused-ring (bicyclic) bond motifs is 1. The first kappa shape index (κ1) is 15.5. The van der Waals surface area contributed by atoms with E-state index < -0.39 is 21.8 Å².